The molecular formula is C32H18F32O6. The van der Waals surface area contributed by atoms with E-state index >= 15 is 0 Å². The second-order valence-corrected chi connectivity index (χ2v) is 13.5. The minimum absolute atomic E-state index is 1.22. The summed E-state index contributed by atoms with van der Waals surface area (Å²) in [5, 5.41) is 0. The van der Waals surface area contributed by atoms with Crippen LogP contribution in [0.3, 0.4) is 0 Å². The molecule has 0 amide bonds. The Morgan fingerprint density at radius 3 is 0.771 bits per heavy atom. The predicted octanol–water partition coefficient (Wildman–Crippen LogP) is 12.9. The molecule has 0 radical (unpaired) electrons. The van der Waals surface area contributed by atoms with E-state index < -0.39 is 181 Å². The van der Waals surface area contributed by atoms with Crippen LogP contribution in [0.1, 0.15) is 24.0 Å². The molecule has 1 aromatic carbocycles. The molecule has 1 rings (SSSR count). The topological polar surface area (TPSA) is 71.1 Å². The monoisotopic (exact) mass is 1110 g/mol. The molecule has 2 unspecified atom stereocenters. The highest BCUT2D eigenvalue weighted by atomic mass is 19.5. The average molecular weight is 1110 g/mol. The highest BCUT2D eigenvalue weighted by Crippen LogP contribution is 2.59. The molecule has 38 heteroatoms. The van der Waals surface area contributed by atoms with Crippen LogP contribution in [0.4, 0.5) is 140 Å². The predicted molar refractivity (Wildman–Crippen MR) is 157 cm³/mol. The van der Waals surface area contributed by atoms with Crippen LogP contribution in [0.5, 0.6) is 0 Å². The third-order valence-electron chi connectivity index (χ3n) is 8.64. The molecule has 70 heavy (non-hydrogen) atoms. The highest BCUT2D eigenvalue weighted by Gasteiger charge is 2.83. The zero-order valence-corrected chi connectivity index (χ0v) is 32.3. The molecule has 2 atom stereocenters. The van der Waals surface area contributed by atoms with Crippen LogP contribution in [0.15, 0.2) is 49.1 Å². The van der Waals surface area contributed by atoms with Gasteiger partial charge in [-0.1, -0.05) is 37.4 Å². The van der Waals surface area contributed by atoms with Crippen LogP contribution in [0, 0.1) is 0 Å². The molecule has 0 aromatic heterocycles. The Morgan fingerprint density at radius 2 is 0.600 bits per heavy atom. The first-order chi connectivity index (χ1) is 30.5. The molecule has 406 valence electrons. The van der Waals surface area contributed by atoms with E-state index in [1.807, 2.05) is 13.2 Å². The Bertz CT molecular complexity index is 1850. The van der Waals surface area contributed by atoms with Gasteiger partial charge in [0.2, 0.25) is 11.7 Å². The molecule has 0 bridgehead atoms. The van der Waals surface area contributed by atoms with Gasteiger partial charge in [0.05, 0.1) is 26.1 Å². The van der Waals surface area contributed by atoms with Crippen molar-refractivity contribution in [2.24, 2.45) is 0 Å². The van der Waals surface area contributed by atoms with Gasteiger partial charge in [0.25, 0.3) is 11.2 Å². The number of rotatable bonds is 20. The van der Waals surface area contributed by atoms with E-state index in [-0.39, 0.29) is 0 Å². The number of hydrogen-bond acceptors (Lipinski definition) is 6. The zero-order chi connectivity index (χ0) is 56.1. The van der Waals surface area contributed by atoms with Gasteiger partial charge in [-0.3, -0.25) is 0 Å². The molecular weight excluding hydrogens is 1090 g/mol. The number of halogens is 32. The number of benzene rings is 1. The first kappa shape index (κ1) is 63.3. The quantitative estimate of drug-likeness (QED) is 0.0736. The van der Waals surface area contributed by atoms with Crippen LogP contribution >= 0.6 is 0 Å². The van der Waals surface area contributed by atoms with E-state index in [0.29, 0.717) is 0 Å². The molecule has 6 nitrogen and oxygen atoms in total. The van der Waals surface area contributed by atoms with Crippen LogP contribution < -0.4 is 0 Å². The number of ether oxygens (including phenoxy) is 4. The lowest BCUT2D eigenvalue weighted by Crippen LogP contribution is -2.62. The average Bonchev–Trinajstić information content (AvgIpc) is 3.11. The van der Waals surface area contributed by atoms with Crippen molar-refractivity contribution in [3.05, 3.63) is 60.2 Å². The molecule has 0 N–H and O–H groups in total. The summed E-state index contributed by atoms with van der Waals surface area (Å²) in [5.41, 5.74) is -19.2. The van der Waals surface area contributed by atoms with Crippen molar-refractivity contribution in [2.45, 2.75) is 109 Å². The van der Waals surface area contributed by atoms with Crippen molar-refractivity contribution in [2.75, 3.05) is 13.2 Å². The zero-order valence-electron chi connectivity index (χ0n) is 32.3. The lowest BCUT2D eigenvalue weighted by atomic mass is 9.86. The number of esters is 2. The maximum Gasteiger partial charge on any atom is 0.460 e. The van der Waals surface area contributed by atoms with Crippen molar-refractivity contribution in [3.8, 4) is 0 Å². The van der Waals surface area contributed by atoms with Crippen molar-refractivity contribution in [3.63, 3.8) is 0 Å². The SMILES string of the molecule is C=C(F)C(=O)OC(COC(c1ccc(C(OCC(CC(F)(F)C(F)(F)C(F)(F)C(F)(F)F)OC(=O)C(=C)F)(C(F)(F)F)C(F)(F)F)cc1)(C(F)(F)F)C(F)(F)F)CC(F)(F)C(F)(F)C(F)(F)C(F)(F)F. The van der Waals surface area contributed by atoms with Crippen LogP contribution in [-0.2, 0) is 39.7 Å². The summed E-state index contributed by atoms with van der Waals surface area (Å²) in [7, 11) is 0. The van der Waals surface area contributed by atoms with E-state index in [2.05, 4.69) is 18.9 Å². The normalized spacial score (nSPS) is 15.9. The molecule has 0 spiro atoms. The summed E-state index contributed by atoms with van der Waals surface area (Å²) in [6.45, 7) is -2.67. The van der Waals surface area contributed by atoms with Gasteiger partial charge in [0.1, 0.15) is 12.2 Å². The number of hydrogen-bond donors (Lipinski definition) is 0. The van der Waals surface area contributed by atoms with Crippen LogP contribution in [-0.4, -0.2) is 110 Å². The fraction of sp³-hybridized carbons (Fsp3) is 0.625. The lowest BCUT2D eigenvalue weighted by Gasteiger charge is -2.40. The van der Waals surface area contributed by atoms with Gasteiger partial charge in [-0.05, 0) is 0 Å². The first-order valence-corrected chi connectivity index (χ1v) is 16.7. The van der Waals surface area contributed by atoms with Gasteiger partial charge in [-0.2, -0.15) is 140 Å². The van der Waals surface area contributed by atoms with Gasteiger partial charge in [0.15, 0.2) is 0 Å². The second-order valence-electron chi connectivity index (χ2n) is 13.5. The summed E-state index contributed by atoms with van der Waals surface area (Å²) >= 11 is 0. The summed E-state index contributed by atoms with van der Waals surface area (Å²) in [6, 6.07) is -4.88. The number of carbonyl (C=O) groups is 2. The molecule has 0 aliphatic heterocycles. The Hall–Kier alpha value is -4.68. The lowest BCUT2D eigenvalue weighted by molar-refractivity contribution is -0.403. The van der Waals surface area contributed by atoms with Crippen LogP contribution in [0.25, 0.3) is 0 Å². The van der Waals surface area contributed by atoms with E-state index in [9.17, 15) is 150 Å². The van der Waals surface area contributed by atoms with Crippen molar-refractivity contribution in [1.82, 2.24) is 0 Å². The Kier molecular flexibility index (Phi) is 17.5. The molecule has 0 aliphatic rings. The van der Waals surface area contributed by atoms with E-state index in [4.69, 9.17) is 0 Å². The van der Waals surface area contributed by atoms with E-state index in [1.165, 1.54) is 0 Å². The smallest absolute Gasteiger partial charge is 0.454 e. The summed E-state index contributed by atoms with van der Waals surface area (Å²) in [4.78, 5) is 23.1. The van der Waals surface area contributed by atoms with Gasteiger partial charge in [-0.25, -0.2) is 9.59 Å². The Labute approximate surface area is 364 Å². The Morgan fingerprint density at radius 1 is 0.386 bits per heavy atom. The third-order valence-corrected chi connectivity index (χ3v) is 8.64. The molecule has 0 fully saturated rings. The second kappa shape index (κ2) is 19.4. The number of carbonyl (C=O) groups excluding carboxylic acids is 2. The fourth-order valence-corrected chi connectivity index (χ4v) is 5.19. The summed E-state index contributed by atoms with van der Waals surface area (Å²) < 4.78 is 456. The van der Waals surface area contributed by atoms with Gasteiger partial charge in [0, 0.05) is 11.1 Å². The third kappa shape index (κ3) is 11.6. The summed E-state index contributed by atoms with van der Waals surface area (Å²) in [6.07, 6.45) is -61.2. The number of alkyl halides is 30. The highest BCUT2D eigenvalue weighted by molar-refractivity contribution is 5.85. The van der Waals surface area contributed by atoms with Gasteiger partial charge >= 0.3 is 84.5 Å². The molecule has 0 heterocycles. The van der Waals surface area contributed by atoms with Gasteiger partial charge < -0.3 is 18.9 Å². The Balaban J connectivity index is 4.20. The largest absolute Gasteiger partial charge is 0.460 e. The summed E-state index contributed by atoms with van der Waals surface area (Å²) in [5.74, 6) is -57.1. The maximum absolute atomic E-state index is 14.5. The molecule has 0 saturated heterocycles. The van der Waals surface area contributed by atoms with Crippen molar-refractivity contribution < 1.29 is 169 Å². The fourth-order valence-electron chi connectivity index (χ4n) is 5.19. The van der Waals surface area contributed by atoms with Crippen molar-refractivity contribution in [1.29, 1.82) is 0 Å². The van der Waals surface area contributed by atoms with Gasteiger partial charge in [-0.15, -0.1) is 0 Å². The maximum atomic E-state index is 14.5. The molecule has 1 aromatic rings. The van der Waals surface area contributed by atoms with Crippen LogP contribution in [0.2, 0.25) is 0 Å². The standard InChI is InChI=1S/C32H18F32O6/c1-11(33)17(65)69-15(7-19(35,36)23(39,40)25(43,44)31(59,60)61)9-67-21(27(47,48)49,28(50,51)52)13-3-5-14(6-4-13)22(29(53,54)55,30(56,57)58)68-10-16(70-18(66)12(2)34)8-20(37,38)24(41,42)26(45,46)32(62,63)64/h3-6,15-16H,1-2,7-10H2. The van der Waals surface area contributed by atoms with Crippen molar-refractivity contribution >= 4 is 11.9 Å². The van der Waals surface area contributed by atoms with E-state index in [1.54, 1.807) is 0 Å². The minimum Gasteiger partial charge on any atom is -0.454 e. The van der Waals surface area contributed by atoms with E-state index in [0.717, 1.165) is 0 Å². The first-order valence-electron chi connectivity index (χ1n) is 16.7. The minimum atomic E-state index is -7.89. The molecule has 0 saturated carbocycles. The molecule has 0 aliphatic carbocycles.